The minimum Gasteiger partial charge on any atom is -0.317 e. The minimum absolute atomic E-state index is 0.625. The molecular weight excluding hydrogens is 324 g/mol. The second kappa shape index (κ2) is 6.80. The molecule has 3 heteroatoms. The maximum atomic E-state index is 3.61. The number of fused-ring (bicyclic) bond motifs is 1. The number of hydrogen-bond donors (Lipinski definition) is 1. The summed E-state index contributed by atoms with van der Waals surface area (Å²) < 4.78 is 1.22. The maximum absolute atomic E-state index is 3.61. The maximum Gasteiger partial charge on any atom is 0.0356 e. The number of benzene rings is 1. The molecule has 0 saturated carbocycles. The Morgan fingerprint density at radius 3 is 2.71 bits per heavy atom. The first-order valence-electron chi connectivity index (χ1n) is 8.40. The van der Waals surface area contributed by atoms with E-state index in [0.29, 0.717) is 12.1 Å². The fraction of sp³-hybridized carbons (Fsp3) is 0.667. The summed E-state index contributed by atoms with van der Waals surface area (Å²) in [7, 11) is 0. The Labute approximate surface area is 137 Å². The SMILES string of the molecule is CC(C)N(CC1CCNCC1)C1CCc2cc(Br)ccc21. The zero-order chi connectivity index (χ0) is 14.8. The summed E-state index contributed by atoms with van der Waals surface area (Å²) >= 11 is 3.61. The van der Waals surface area contributed by atoms with E-state index >= 15 is 0 Å². The lowest BCUT2D eigenvalue weighted by Crippen LogP contribution is -2.41. The summed E-state index contributed by atoms with van der Waals surface area (Å²) in [4.78, 5) is 2.76. The molecule has 0 spiro atoms. The number of aryl methyl sites for hydroxylation is 1. The van der Waals surface area contributed by atoms with Crippen molar-refractivity contribution in [2.75, 3.05) is 19.6 Å². The summed E-state index contributed by atoms with van der Waals surface area (Å²) in [6, 6.07) is 8.12. The Hall–Kier alpha value is -0.380. The number of nitrogens with zero attached hydrogens (tertiary/aromatic N) is 1. The molecule has 0 radical (unpaired) electrons. The Morgan fingerprint density at radius 2 is 2.00 bits per heavy atom. The van der Waals surface area contributed by atoms with Crippen molar-refractivity contribution in [2.45, 2.75) is 51.6 Å². The highest BCUT2D eigenvalue weighted by Gasteiger charge is 2.31. The van der Waals surface area contributed by atoms with Gasteiger partial charge in [0.2, 0.25) is 0 Å². The topological polar surface area (TPSA) is 15.3 Å². The number of rotatable bonds is 4. The Morgan fingerprint density at radius 1 is 1.24 bits per heavy atom. The lowest BCUT2D eigenvalue weighted by Gasteiger charge is -2.37. The summed E-state index contributed by atoms with van der Waals surface area (Å²) in [5, 5.41) is 3.48. The van der Waals surface area contributed by atoms with E-state index in [1.165, 1.54) is 49.8 Å². The zero-order valence-electron chi connectivity index (χ0n) is 13.2. The average molecular weight is 351 g/mol. The lowest BCUT2D eigenvalue weighted by molar-refractivity contribution is 0.116. The molecule has 2 aliphatic rings. The zero-order valence-corrected chi connectivity index (χ0v) is 14.8. The summed E-state index contributed by atoms with van der Waals surface area (Å²) in [5.74, 6) is 0.869. The van der Waals surface area contributed by atoms with Crippen molar-refractivity contribution in [1.82, 2.24) is 10.2 Å². The molecule has 0 bridgehead atoms. The number of halogens is 1. The third-order valence-electron chi connectivity index (χ3n) is 5.14. The van der Waals surface area contributed by atoms with Crippen molar-refractivity contribution in [1.29, 1.82) is 0 Å². The van der Waals surface area contributed by atoms with Crippen molar-refractivity contribution < 1.29 is 0 Å². The van der Waals surface area contributed by atoms with Gasteiger partial charge in [-0.1, -0.05) is 22.0 Å². The van der Waals surface area contributed by atoms with Crippen molar-refractivity contribution in [2.24, 2.45) is 5.92 Å². The van der Waals surface area contributed by atoms with E-state index < -0.39 is 0 Å². The second-order valence-electron chi connectivity index (χ2n) is 6.88. The van der Waals surface area contributed by atoms with Gasteiger partial charge in [0.05, 0.1) is 0 Å². The monoisotopic (exact) mass is 350 g/mol. The van der Waals surface area contributed by atoms with Gasteiger partial charge in [-0.25, -0.2) is 0 Å². The van der Waals surface area contributed by atoms with Crippen LogP contribution in [0.2, 0.25) is 0 Å². The van der Waals surface area contributed by atoms with E-state index in [2.05, 4.69) is 58.2 Å². The van der Waals surface area contributed by atoms with Crippen molar-refractivity contribution in [3.8, 4) is 0 Å². The van der Waals surface area contributed by atoms with Crippen LogP contribution in [0.15, 0.2) is 22.7 Å². The molecule has 1 aromatic rings. The van der Waals surface area contributed by atoms with Crippen LogP contribution < -0.4 is 5.32 Å². The van der Waals surface area contributed by atoms with Gasteiger partial charge in [0, 0.05) is 23.1 Å². The fourth-order valence-electron chi connectivity index (χ4n) is 3.97. The summed E-state index contributed by atoms with van der Waals surface area (Å²) in [6.07, 6.45) is 5.19. The van der Waals surface area contributed by atoms with Crippen molar-refractivity contribution in [3.05, 3.63) is 33.8 Å². The Balaban J connectivity index is 1.76. The standard InChI is InChI=1S/C18H27BrN2/c1-13(2)21(12-14-7-9-20-10-8-14)18-6-3-15-11-16(19)4-5-17(15)18/h4-5,11,13-14,18,20H,3,6-10,12H2,1-2H3. The summed E-state index contributed by atoms with van der Waals surface area (Å²) in [6.45, 7) is 8.38. The lowest BCUT2D eigenvalue weighted by atomic mass is 9.95. The molecule has 1 aliphatic carbocycles. The minimum atomic E-state index is 0.625. The van der Waals surface area contributed by atoms with E-state index in [0.717, 1.165) is 5.92 Å². The van der Waals surface area contributed by atoms with Crippen LogP contribution in [0.4, 0.5) is 0 Å². The fourth-order valence-corrected chi connectivity index (χ4v) is 4.38. The van der Waals surface area contributed by atoms with E-state index in [1.807, 2.05) is 0 Å². The van der Waals surface area contributed by atoms with Crippen LogP contribution in [0.3, 0.4) is 0 Å². The van der Waals surface area contributed by atoms with Gasteiger partial charge in [-0.3, -0.25) is 4.90 Å². The molecule has 2 nitrogen and oxygen atoms in total. The van der Waals surface area contributed by atoms with Gasteiger partial charge in [-0.2, -0.15) is 0 Å². The van der Waals surface area contributed by atoms with Gasteiger partial charge >= 0.3 is 0 Å². The molecule has 116 valence electrons. The van der Waals surface area contributed by atoms with Crippen LogP contribution in [-0.4, -0.2) is 30.6 Å². The number of hydrogen-bond acceptors (Lipinski definition) is 2. The smallest absolute Gasteiger partial charge is 0.0356 e. The van der Waals surface area contributed by atoms with Crippen LogP contribution in [0, 0.1) is 5.92 Å². The molecule has 0 aromatic heterocycles. The van der Waals surface area contributed by atoms with E-state index in [4.69, 9.17) is 0 Å². The molecule has 1 atom stereocenters. The van der Waals surface area contributed by atoms with Crippen LogP contribution in [0.25, 0.3) is 0 Å². The third kappa shape index (κ3) is 3.52. The van der Waals surface area contributed by atoms with Crippen molar-refractivity contribution in [3.63, 3.8) is 0 Å². The molecule has 3 rings (SSSR count). The first-order valence-corrected chi connectivity index (χ1v) is 9.19. The quantitative estimate of drug-likeness (QED) is 0.877. The van der Waals surface area contributed by atoms with Gasteiger partial charge in [0.25, 0.3) is 0 Å². The highest BCUT2D eigenvalue weighted by molar-refractivity contribution is 9.10. The van der Waals surface area contributed by atoms with Crippen molar-refractivity contribution >= 4 is 15.9 Å². The summed E-state index contributed by atoms with van der Waals surface area (Å²) in [5.41, 5.74) is 3.12. The van der Waals surface area contributed by atoms with Gasteiger partial charge in [-0.15, -0.1) is 0 Å². The first-order chi connectivity index (χ1) is 10.1. The van der Waals surface area contributed by atoms with Crippen LogP contribution in [0.1, 0.15) is 50.3 Å². The highest BCUT2D eigenvalue weighted by Crippen LogP contribution is 2.38. The van der Waals surface area contributed by atoms with Crippen LogP contribution in [0.5, 0.6) is 0 Å². The van der Waals surface area contributed by atoms with E-state index in [-0.39, 0.29) is 0 Å². The largest absolute Gasteiger partial charge is 0.317 e. The Kier molecular flexibility index (Phi) is 5.03. The molecule has 1 aromatic carbocycles. The van der Waals surface area contributed by atoms with Crippen LogP contribution >= 0.6 is 15.9 Å². The van der Waals surface area contributed by atoms with Gasteiger partial charge in [0.1, 0.15) is 0 Å². The average Bonchev–Trinajstić information content (AvgIpc) is 2.88. The van der Waals surface area contributed by atoms with Crippen LogP contribution in [-0.2, 0) is 6.42 Å². The number of nitrogens with one attached hydrogen (secondary N) is 1. The first kappa shape index (κ1) is 15.5. The third-order valence-corrected chi connectivity index (χ3v) is 5.64. The molecule has 1 saturated heterocycles. The molecular formula is C18H27BrN2. The predicted molar refractivity (Wildman–Crippen MR) is 92.6 cm³/mol. The van der Waals surface area contributed by atoms with E-state index in [1.54, 1.807) is 11.1 Å². The predicted octanol–water partition coefficient (Wildman–Crippen LogP) is 4.15. The molecule has 1 aliphatic heterocycles. The molecule has 0 amide bonds. The number of piperidine rings is 1. The molecule has 1 heterocycles. The van der Waals surface area contributed by atoms with Gasteiger partial charge in [0.15, 0.2) is 0 Å². The van der Waals surface area contributed by atoms with Gasteiger partial charge < -0.3 is 5.32 Å². The molecule has 21 heavy (non-hydrogen) atoms. The molecule has 1 unspecified atom stereocenters. The normalized spacial score (nSPS) is 23.0. The molecule has 1 N–H and O–H groups in total. The van der Waals surface area contributed by atoms with Gasteiger partial charge in [-0.05, 0) is 81.8 Å². The van der Waals surface area contributed by atoms with E-state index in [9.17, 15) is 0 Å². The molecule has 1 fully saturated rings. The highest BCUT2D eigenvalue weighted by atomic mass is 79.9. The second-order valence-corrected chi connectivity index (χ2v) is 7.80. The Bertz CT molecular complexity index is 480.